The quantitative estimate of drug-likeness (QED) is 0.337. The summed E-state index contributed by atoms with van der Waals surface area (Å²) in [6.07, 6.45) is 0. The molecule has 0 spiro atoms. The molecule has 0 aliphatic carbocycles. The summed E-state index contributed by atoms with van der Waals surface area (Å²) in [4.78, 5) is 28.7. The Balaban J connectivity index is 1.99. The number of Topliss-reactive ketones (excluding diaryl/α,β-unsaturated/α-hetero) is 1. The fourth-order valence-electron chi connectivity index (χ4n) is 3.91. The maximum Gasteiger partial charge on any atom is 0.300 e. The smallest absolute Gasteiger partial charge is 0.300 e. The summed E-state index contributed by atoms with van der Waals surface area (Å²) >= 11 is 1.41. The van der Waals surface area contributed by atoms with Crippen molar-refractivity contribution in [1.82, 2.24) is 0 Å². The summed E-state index contributed by atoms with van der Waals surface area (Å²) in [6.45, 7) is 3.94. The number of anilines is 1. The number of ketones is 1. The SMILES string of the molecule is COc1cccc(OC)c1/C(O)=C1\C(=O)C(=O)N(c2ccc(C)c(C)c2)C1c1cccs1. The van der Waals surface area contributed by atoms with E-state index in [9.17, 15) is 14.7 Å². The second-order valence-corrected chi connectivity index (χ2v) is 8.47. The third kappa shape index (κ3) is 3.44. The van der Waals surface area contributed by atoms with E-state index in [1.807, 2.05) is 49.6 Å². The molecule has 0 saturated carbocycles. The third-order valence-electron chi connectivity index (χ3n) is 5.69. The molecule has 32 heavy (non-hydrogen) atoms. The predicted molar refractivity (Wildman–Crippen MR) is 125 cm³/mol. The molecule has 1 fully saturated rings. The Labute approximate surface area is 190 Å². The van der Waals surface area contributed by atoms with Crippen molar-refractivity contribution in [1.29, 1.82) is 0 Å². The molecule has 2 aromatic carbocycles. The monoisotopic (exact) mass is 449 g/mol. The third-order valence-corrected chi connectivity index (χ3v) is 6.62. The van der Waals surface area contributed by atoms with Gasteiger partial charge in [-0.15, -0.1) is 11.3 Å². The second-order valence-electron chi connectivity index (χ2n) is 7.49. The lowest BCUT2D eigenvalue weighted by Crippen LogP contribution is -2.29. The van der Waals surface area contributed by atoms with Gasteiger partial charge in [0.2, 0.25) is 0 Å². The van der Waals surface area contributed by atoms with Gasteiger partial charge >= 0.3 is 0 Å². The number of aliphatic hydroxyl groups excluding tert-OH is 1. The van der Waals surface area contributed by atoms with Gasteiger partial charge in [-0.2, -0.15) is 0 Å². The van der Waals surface area contributed by atoms with E-state index in [0.29, 0.717) is 17.2 Å². The maximum absolute atomic E-state index is 13.3. The number of nitrogens with zero attached hydrogens (tertiary/aromatic N) is 1. The summed E-state index contributed by atoms with van der Waals surface area (Å²) in [5.74, 6) is -1.11. The number of carbonyl (C=O) groups is 2. The molecule has 1 N–H and O–H groups in total. The summed E-state index contributed by atoms with van der Waals surface area (Å²) in [5, 5.41) is 13.3. The molecular weight excluding hydrogens is 426 g/mol. The van der Waals surface area contributed by atoms with E-state index in [2.05, 4.69) is 0 Å². The first-order valence-electron chi connectivity index (χ1n) is 10.0. The van der Waals surface area contributed by atoms with Gasteiger partial charge in [0.15, 0.2) is 0 Å². The minimum absolute atomic E-state index is 0.00141. The highest BCUT2D eigenvalue weighted by Crippen LogP contribution is 2.46. The van der Waals surface area contributed by atoms with Crippen molar-refractivity contribution in [2.75, 3.05) is 19.1 Å². The van der Waals surface area contributed by atoms with Gasteiger partial charge in [0.05, 0.1) is 19.8 Å². The molecular formula is C25H23NO5S. The molecule has 1 atom stereocenters. The van der Waals surface area contributed by atoms with Gasteiger partial charge in [-0.05, 0) is 60.7 Å². The number of hydrogen-bond donors (Lipinski definition) is 1. The standard InChI is InChI=1S/C25H23NO5S/c1-14-10-11-16(13-15(14)2)26-22(19-9-6-12-32-19)21(24(28)25(26)29)23(27)20-17(30-3)7-5-8-18(20)31-4/h5-13,22,27H,1-4H3/b23-21+. The van der Waals surface area contributed by atoms with Crippen LogP contribution < -0.4 is 14.4 Å². The number of thiophene rings is 1. The Hall–Kier alpha value is -3.58. The van der Waals surface area contributed by atoms with Crippen LogP contribution in [0.3, 0.4) is 0 Å². The number of carbonyl (C=O) groups excluding carboxylic acids is 2. The molecule has 1 aromatic heterocycles. The van der Waals surface area contributed by atoms with E-state index in [0.717, 1.165) is 16.0 Å². The van der Waals surface area contributed by atoms with Crippen LogP contribution >= 0.6 is 11.3 Å². The lowest BCUT2D eigenvalue weighted by molar-refractivity contribution is -0.132. The molecule has 4 rings (SSSR count). The first kappa shape index (κ1) is 21.6. The van der Waals surface area contributed by atoms with E-state index >= 15 is 0 Å². The number of methoxy groups -OCH3 is 2. The number of ether oxygens (including phenoxy) is 2. The van der Waals surface area contributed by atoms with E-state index in [-0.39, 0.29) is 16.9 Å². The lowest BCUT2D eigenvalue weighted by atomic mass is 9.98. The van der Waals surface area contributed by atoms with E-state index < -0.39 is 17.7 Å². The zero-order valence-electron chi connectivity index (χ0n) is 18.2. The summed E-state index contributed by atoms with van der Waals surface area (Å²) in [7, 11) is 2.94. The minimum Gasteiger partial charge on any atom is -0.506 e. The predicted octanol–water partition coefficient (Wildman–Crippen LogP) is 5.01. The molecule has 3 aromatic rings. The molecule has 1 aliphatic heterocycles. The van der Waals surface area contributed by atoms with Crippen LogP contribution in [0.2, 0.25) is 0 Å². The second kappa shape index (κ2) is 8.51. The topological polar surface area (TPSA) is 76.1 Å². The summed E-state index contributed by atoms with van der Waals surface area (Å²) in [6, 6.07) is 13.6. The highest BCUT2D eigenvalue weighted by atomic mass is 32.1. The van der Waals surface area contributed by atoms with Crippen molar-refractivity contribution in [3.8, 4) is 11.5 Å². The van der Waals surface area contributed by atoms with Crippen LogP contribution in [0, 0.1) is 13.8 Å². The molecule has 0 radical (unpaired) electrons. The molecule has 2 heterocycles. The fraction of sp³-hybridized carbons (Fsp3) is 0.200. The number of hydrogen-bond acceptors (Lipinski definition) is 6. The van der Waals surface area contributed by atoms with Crippen molar-refractivity contribution in [2.24, 2.45) is 0 Å². The number of benzene rings is 2. The number of aliphatic hydroxyl groups is 1. The number of rotatable bonds is 5. The van der Waals surface area contributed by atoms with E-state index in [1.54, 1.807) is 18.2 Å². The van der Waals surface area contributed by atoms with Gasteiger partial charge in [0.25, 0.3) is 11.7 Å². The Morgan fingerprint density at radius 3 is 2.22 bits per heavy atom. The fourth-order valence-corrected chi connectivity index (χ4v) is 4.73. The molecule has 1 aliphatic rings. The van der Waals surface area contributed by atoms with Gasteiger partial charge in [-0.1, -0.05) is 18.2 Å². The molecule has 7 heteroatoms. The lowest BCUT2D eigenvalue weighted by Gasteiger charge is -2.25. The Morgan fingerprint density at radius 1 is 0.969 bits per heavy atom. The van der Waals surface area contributed by atoms with Crippen LogP contribution in [0.15, 0.2) is 59.5 Å². The molecule has 1 amide bonds. The average Bonchev–Trinajstić information content (AvgIpc) is 3.41. The van der Waals surface area contributed by atoms with Crippen LogP contribution in [0.1, 0.15) is 27.6 Å². The summed E-state index contributed by atoms with van der Waals surface area (Å²) < 4.78 is 10.8. The van der Waals surface area contributed by atoms with Crippen molar-refractivity contribution >= 4 is 34.5 Å². The van der Waals surface area contributed by atoms with Crippen molar-refractivity contribution in [3.05, 3.63) is 81.1 Å². The van der Waals surface area contributed by atoms with Crippen molar-refractivity contribution < 1.29 is 24.2 Å². The number of aryl methyl sites for hydroxylation is 2. The highest BCUT2D eigenvalue weighted by Gasteiger charge is 2.48. The van der Waals surface area contributed by atoms with Gasteiger partial charge in [-0.25, -0.2) is 0 Å². The van der Waals surface area contributed by atoms with Gasteiger partial charge < -0.3 is 14.6 Å². The van der Waals surface area contributed by atoms with Crippen molar-refractivity contribution in [3.63, 3.8) is 0 Å². The molecule has 1 saturated heterocycles. The largest absolute Gasteiger partial charge is 0.506 e. The van der Waals surface area contributed by atoms with Crippen LogP contribution in [-0.2, 0) is 9.59 Å². The molecule has 1 unspecified atom stereocenters. The van der Waals surface area contributed by atoms with Crippen LogP contribution in [-0.4, -0.2) is 31.0 Å². The van der Waals surface area contributed by atoms with Crippen LogP contribution in [0.25, 0.3) is 5.76 Å². The first-order chi connectivity index (χ1) is 15.4. The molecule has 0 bridgehead atoms. The Kier molecular flexibility index (Phi) is 5.76. The normalized spacial score (nSPS) is 17.6. The van der Waals surface area contributed by atoms with Gasteiger partial charge in [-0.3, -0.25) is 14.5 Å². The minimum atomic E-state index is -0.772. The first-order valence-corrected chi connectivity index (χ1v) is 10.9. The van der Waals surface area contributed by atoms with Crippen LogP contribution in [0.5, 0.6) is 11.5 Å². The van der Waals surface area contributed by atoms with Crippen molar-refractivity contribution in [2.45, 2.75) is 19.9 Å². The Morgan fingerprint density at radius 2 is 1.66 bits per heavy atom. The molecule has 6 nitrogen and oxygen atoms in total. The van der Waals surface area contributed by atoms with Gasteiger partial charge in [0, 0.05) is 10.6 Å². The van der Waals surface area contributed by atoms with E-state index in [4.69, 9.17) is 9.47 Å². The highest BCUT2D eigenvalue weighted by molar-refractivity contribution is 7.10. The maximum atomic E-state index is 13.3. The number of amides is 1. The summed E-state index contributed by atoms with van der Waals surface area (Å²) in [5.41, 5.74) is 2.91. The van der Waals surface area contributed by atoms with Gasteiger partial charge in [0.1, 0.15) is 28.9 Å². The Bertz CT molecular complexity index is 1210. The average molecular weight is 450 g/mol. The van der Waals surface area contributed by atoms with E-state index in [1.165, 1.54) is 30.5 Å². The zero-order chi connectivity index (χ0) is 23.0. The zero-order valence-corrected chi connectivity index (χ0v) is 19.0. The molecule has 164 valence electrons. The van der Waals surface area contributed by atoms with Crippen LogP contribution in [0.4, 0.5) is 5.69 Å².